The molecule has 0 amide bonds. The third kappa shape index (κ3) is 15.7. The molecule has 10 nitrogen and oxygen atoms in total. The normalized spacial score (nSPS) is 16.6. The zero-order valence-electron chi connectivity index (χ0n) is 25.8. The molecule has 15 N–H and O–H groups in total. The van der Waals surface area contributed by atoms with Crippen LogP contribution in [0.2, 0.25) is 0 Å². The lowest BCUT2D eigenvalue weighted by Crippen LogP contribution is -2.70. The topological polar surface area (TPSA) is 220 Å². The molecule has 40 heavy (non-hydrogen) atoms. The minimum atomic E-state index is -1.40. The summed E-state index contributed by atoms with van der Waals surface area (Å²) in [5.74, 6) is 0. The molecule has 0 saturated heterocycles. The quantitative estimate of drug-likeness (QED) is 0.0449. The van der Waals surface area contributed by atoms with Crippen molar-refractivity contribution >= 4 is 0 Å². The molecule has 0 bridgehead atoms. The van der Waals surface area contributed by atoms with E-state index >= 15 is 0 Å². The van der Waals surface area contributed by atoms with Gasteiger partial charge in [0.2, 0.25) is 0 Å². The van der Waals surface area contributed by atoms with E-state index in [9.17, 15) is 15.3 Å². The van der Waals surface area contributed by atoms with E-state index in [1.165, 1.54) is 0 Å². The molecule has 0 radical (unpaired) electrons. The number of hydrogen-bond donors (Lipinski definition) is 9. The maximum Gasteiger partial charge on any atom is 0.122 e. The summed E-state index contributed by atoms with van der Waals surface area (Å²) in [6.45, 7) is 3.39. The Kier molecular flexibility index (Phi) is 23.8. The molecule has 0 saturated carbocycles. The molecule has 0 aromatic rings. The van der Waals surface area contributed by atoms with Gasteiger partial charge >= 0.3 is 0 Å². The fourth-order valence-corrected chi connectivity index (χ4v) is 6.05. The first-order chi connectivity index (χ1) is 19.2. The summed E-state index contributed by atoms with van der Waals surface area (Å²) in [7, 11) is 0. The molecule has 0 rings (SSSR count). The lowest BCUT2D eigenvalue weighted by atomic mass is 9.83. The minimum absolute atomic E-state index is 0.427. The third-order valence-electron chi connectivity index (χ3n) is 8.19. The highest BCUT2D eigenvalue weighted by Gasteiger charge is 2.54. The van der Waals surface area contributed by atoms with Gasteiger partial charge in [-0.05, 0) is 155 Å². The monoisotopic (exact) mass is 576 g/mol. The van der Waals surface area contributed by atoms with Crippen LogP contribution in [0.25, 0.3) is 0 Å². The second-order valence-electron chi connectivity index (χ2n) is 11.8. The van der Waals surface area contributed by atoms with Gasteiger partial charge in [-0.3, -0.25) is 0 Å². The fraction of sp³-hybridized carbons (Fsp3) is 1.00. The molecule has 0 aliphatic rings. The summed E-state index contributed by atoms with van der Waals surface area (Å²) in [5, 5.41) is 37.9. The van der Waals surface area contributed by atoms with Gasteiger partial charge < -0.3 is 49.7 Å². The van der Waals surface area contributed by atoms with Gasteiger partial charge in [-0.15, -0.1) is 0 Å². The number of hydrogen-bond acceptors (Lipinski definition) is 10. The third-order valence-corrected chi connectivity index (χ3v) is 8.19. The first-order valence-electron chi connectivity index (χ1n) is 16.4. The Labute approximate surface area is 246 Å². The van der Waals surface area contributed by atoms with Crippen LogP contribution in [-0.2, 0) is 0 Å². The molecule has 0 spiro atoms. The number of rotatable bonds is 30. The van der Waals surface area contributed by atoms with Crippen LogP contribution in [0.3, 0.4) is 0 Å². The standard InChI is InChI=1S/C30H69N7O3/c31-22-10-1-4-16-28(38,19-7-13-25-34)37(29(39,20-8-14-26-35)17-5-2-11-23-32)30(40,21-9-15-27-36)18-6-3-12-24-33/h38-40H,1-27,31-36H2. The highest BCUT2D eigenvalue weighted by Crippen LogP contribution is 2.45. The van der Waals surface area contributed by atoms with E-state index in [4.69, 9.17) is 34.4 Å². The van der Waals surface area contributed by atoms with E-state index in [1.54, 1.807) is 4.90 Å². The van der Waals surface area contributed by atoms with E-state index in [-0.39, 0.29) is 0 Å². The second kappa shape index (κ2) is 24.1. The summed E-state index contributed by atoms with van der Waals surface area (Å²) in [6.07, 6.45) is 14.6. The zero-order chi connectivity index (χ0) is 30.2. The van der Waals surface area contributed by atoms with E-state index in [1.807, 2.05) is 0 Å². The Hall–Kier alpha value is -0.400. The van der Waals surface area contributed by atoms with Crippen molar-refractivity contribution in [2.75, 3.05) is 39.3 Å². The molecule has 242 valence electrons. The highest BCUT2D eigenvalue weighted by atomic mass is 16.4. The van der Waals surface area contributed by atoms with Crippen LogP contribution in [0.1, 0.15) is 135 Å². The fourth-order valence-electron chi connectivity index (χ4n) is 6.05. The minimum Gasteiger partial charge on any atom is -0.375 e. The van der Waals surface area contributed by atoms with Gasteiger partial charge in [0.25, 0.3) is 0 Å². The van der Waals surface area contributed by atoms with Crippen molar-refractivity contribution in [1.29, 1.82) is 0 Å². The molecular weight excluding hydrogens is 506 g/mol. The van der Waals surface area contributed by atoms with E-state index in [2.05, 4.69) is 0 Å². The van der Waals surface area contributed by atoms with Crippen LogP contribution in [0, 0.1) is 0 Å². The average Bonchev–Trinajstić information content (AvgIpc) is 2.92. The second-order valence-corrected chi connectivity index (χ2v) is 11.8. The van der Waals surface area contributed by atoms with E-state index in [0.29, 0.717) is 97.1 Å². The molecule has 0 heterocycles. The number of nitrogens with two attached hydrogens (primary N) is 6. The van der Waals surface area contributed by atoms with Crippen LogP contribution in [0.5, 0.6) is 0 Å². The Morgan fingerprint density at radius 3 is 0.675 bits per heavy atom. The molecule has 10 heteroatoms. The van der Waals surface area contributed by atoms with Gasteiger partial charge in [0.05, 0.1) is 0 Å². The first kappa shape index (κ1) is 39.6. The van der Waals surface area contributed by atoms with Crippen molar-refractivity contribution in [3.05, 3.63) is 0 Å². The zero-order valence-corrected chi connectivity index (χ0v) is 25.8. The van der Waals surface area contributed by atoms with Crippen molar-refractivity contribution in [3.63, 3.8) is 0 Å². The summed E-state index contributed by atoms with van der Waals surface area (Å²) >= 11 is 0. The predicted octanol–water partition coefficient (Wildman–Crippen LogP) is 2.30. The van der Waals surface area contributed by atoms with Crippen LogP contribution in [0.4, 0.5) is 0 Å². The Bertz CT molecular complexity index is 501. The van der Waals surface area contributed by atoms with Gasteiger partial charge in [-0.25, -0.2) is 4.90 Å². The molecule has 0 aromatic carbocycles. The lowest BCUT2D eigenvalue weighted by molar-refractivity contribution is -0.333. The highest BCUT2D eigenvalue weighted by molar-refractivity contribution is 4.98. The van der Waals surface area contributed by atoms with Crippen molar-refractivity contribution < 1.29 is 15.3 Å². The van der Waals surface area contributed by atoms with Crippen LogP contribution in [0.15, 0.2) is 0 Å². The maximum atomic E-state index is 12.6. The van der Waals surface area contributed by atoms with Gasteiger partial charge in [0.15, 0.2) is 0 Å². The molecule has 0 aromatic heterocycles. The van der Waals surface area contributed by atoms with Gasteiger partial charge in [0, 0.05) is 0 Å². The van der Waals surface area contributed by atoms with E-state index < -0.39 is 17.2 Å². The number of nitrogens with zero attached hydrogens (tertiary/aromatic N) is 1. The molecule has 3 atom stereocenters. The van der Waals surface area contributed by atoms with Crippen molar-refractivity contribution in [2.45, 2.75) is 152 Å². The Morgan fingerprint density at radius 1 is 0.300 bits per heavy atom. The molecule has 0 fully saturated rings. The van der Waals surface area contributed by atoms with Crippen molar-refractivity contribution in [3.8, 4) is 0 Å². The van der Waals surface area contributed by atoms with Crippen molar-refractivity contribution in [1.82, 2.24) is 4.90 Å². The summed E-state index contributed by atoms with van der Waals surface area (Å²) in [4.78, 5) is 1.77. The number of unbranched alkanes of at least 4 members (excludes halogenated alkanes) is 9. The first-order valence-corrected chi connectivity index (χ1v) is 16.4. The van der Waals surface area contributed by atoms with Crippen LogP contribution < -0.4 is 34.4 Å². The maximum absolute atomic E-state index is 12.6. The molecular formula is C30H69N7O3. The summed E-state index contributed by atoms with van der Waals surface area (Å²) in [5.41, 5.74) is 30.6. The summed E-state index contributed by atoms with van der Waals surface area (Å²) in [6, 6.07) is 0. The number of aliphatic hydroxyl groups is 3. The largest absolute Gasteiger partial charge is 0.375 e. The van der Waals surface area contributed by atoms with Gasteiger partial charge in [0.1, 0.15) is 17.2 Å². The molecule has 3 unspecified atom stereocenters. The Morgan fingerprint density at radius 2 is 0.475 bits per heavy atom. The van der Waals surface area contributed by atoms with Gasteiger partial charge in [-0.1, -0.05) is 19.3 Å². The Balaban J connectivity index is 6.76. The van der Waals surface area contributed by atoms with Crippen LogP contribution in [-0.4, -0.2) is 76.7 Å². The van der Waals surface area contributed by atoms with Crippen molar-refractivity contribution in [2.24, 2.45) is 34.4 Å². The predicted molar refractivity (Wildman–Crippen MR) is 168 cm³/mol. The van der Waals surface area contributed by atoms with Crippen LogP contribution >= 0.6 is 0 Å². The summed E-state index contributed by atoms with van der Waals surface area (Å²) < 4.78 is 0. The smallest absolute Gasteiger partial charge is 0.122 e. The van der Waals surface area contributed by atoms with Gasteiger partial charge in [-0.2, -0.15) is 0 Å². The van der Waals surface area contributed by atoms with E-state index in [0.717, 1.165) is 77.0 Å². The molecule has 0 aliphatic carbocycles. The lowest BCUT2D eigenvalue weighted by Gasteiger charge is -2.57. The average molecular weight is 576 g/mol. The molecule has 0 aliphatic heterocycles. The SMILES string of the molecule is NCCCCCC(O)(CCCCN)N(C(O)(CCCCN)CCCCCN)C(O)(CCCCN)CCCCCN.